The van der Waals surface area contributed by atoms with Crippen LogP contribution in [0.3, 0.4) is 0 Å². The lowest BCUT2D eigenvalue weighted by atomic mass is 10.1. The van der Waals surface area contributed by atoms with Crippen LogP contribution in [-0.4, -0.2) is 22.4 Å². The largest absolute Gasteiger partial charge is 0.497 e. The van der Waals surface area contributed by atoms with Gasteiger partial charge in [0.2, 0.25) is 0 Å². The Morgan fingerprint density at radius 1 is 1.19 bits per heavy atom. The molecule has 4 rings (SSSR count). The van der Waals surface area contributed by atoms with E-state index in [9.17, 15) is 9.59 Å². The third-order valence-electron chi connectivity index (χ3n) is 4.29. The van der Waals surface area contributed by atoms with E-state index in [1.807, 2.05) is 24.4 Å². The summed E-state index contributed by atoms with van der Waals surface area (Å²) in [5, 5.41) is 2.53. The minimum atomic E-state index is -0.191. The molecule has 3 aromatic heterocycles. The number of rotatable bonds is 5. The highest BCUT2D eigenvalue weighted by Gasteiger charge is 2.16. The van der Waals surface area contributed by atoms with Crippen LogP contribution in [-0.2, 0) is 6.54 Å². The average molecular weight is 396 g/mol. The molecule has 1 aromatic carbocycles. The Bertz CT molecular complexity index is 1190. The van der Waals surface area contributed by atoms with Gasteiger partial charge in [0.1, 0.15) is 10.6 Å². The van der Waals surface area contributed by atoms with Crippen LogP contribution in [0.4, 0.5) is 0 Å². The van der Waals surface area contributed by atoms with E-state index in [1.165, 1.54) is 27.1 Å². The summed E-state index contributed by atoms with van der Waals surface area (Å²) in [4.78, 5) is 32.9. The number of Topliss-reactive ketones (excluding diaryl/α,β-unsaturated/α-hetero) is 1. The molecule has 0 amide bonds. The van der Waals surface area contributed by atoms with Crippen molar-refractivity contribution in [2.45, 2.75) is 13.5 Å². The number of ether oxygens (including phenoxy) is 1. The summed E-state index contributed by atoms with van der Waals surface area (Å²) in [6.07, 6.45) is 1.45. The van der Waals surface area contributed by atoms with E-state index >= 15 is 0 Å². The Hall–Kier alpha value is -2.77. The normalized spacial score (nSPS) is 11.0. The Labute approximate surface area is 163 Å². The van der Waals surface area contributed by atoms with Crippen LogP contribution in [0.25, 0.3) is 20.7 Å². The number of aromatic nitrogens is 2. The molecule has 0 aliphatic heterocycles. The highest BCUT2D eigenvalue weighted by Crippen LogP contribution is 2.34. The molecule has 0 unspecified atom stereocenters. The van der Waals surface area contributed by atoms with Gasteiger partial charge in [0, 0.05) is 26.3 Å². The maximum atomic E-state index is 13.0. The van der Waals surface area contributed by atoms with Crippen molar-refractivity contribution in [2.75, 3.05) is 7.11 Å². The number of benzene rings is 1. The van der Waals surface area contributed by atoms with Gasteiger partial charge in [-0.1, -0.05) is 0 Å². The van der Waals surface area contributed by atoms with Crippen LogP contribution in [0, 0.1) is 6.92 Å². The highest BCUT2D eigenvalue weighted by molar-refractivity contribution is 7.19. The van der Waals surface area contributed by atoms with Gasteiger partial charge >= 0.3 is 0 Å². The molecule has 0 saturated carbocycles. The summed E-state index contributed by atoms with van der Waals surface area (Å²) in [6, 6.07) is 10.9. The average Bonchev–Trinajstić information content (AvgIpc) is 3.30. The van der Waals surface area contributed by atoms with Crippen molar-refractivity contribution in [3.8, 4) is 16.2 Å². The second-order valence-corrected chi connectivity index (χ2v) is 8.22. The number of carbonyl (C=O) groups excluding carboxylic acids is 1. The van der Waals surface area contributed by atoms with E-state index in [4.69, 9.17) is 4.74 Å². The molecule has 3 heterocycles. The van der Waals surface area contributed by atoms with Crippen LogP contribution in [0.5, 0.6) is 5.75 Å². The molecule has 7 heteroatoms. The third-order valence-corrected chi connectivity index (χ3v) is 6.21. The van der Waals surface area contributed by atoms with Gasteiger partial charge in [0.15, 0.2) is 5.78 Å². The third kappa shape index (κ3) is 3.31. The summed E-state index contributed by atoms with van der Waals surface area (Å²) in [7, 11) is 1.57. The number of carbonyl (C=O) groups is 1. The van der Waals surface area contributed by atoms with Crippen LogP contribution < -0.4 is 10.3 Å². The van der Waals surface area contributed by atoms with Gasteiger partial charge in [-0.25, -0.2) is 4.98 Å². The molecule has 0 aliphatic carbocycles. The summed E-state index contributed by atoms with van der Waals surface area (Å²) in [5.41, 5.74) is 1.23. The van der Waals surface area contributed by atoms with Crippen molar-refractivity contribution in [1.29, 1.82) is 0 Å². The van der Waals surface area contributed by atoms with Gasteiger partial charge in [-0.3, -0.25) is 14.2 Å². The summed E-state index contributed by atoms with van der Waals surface area (Å²) >= 11 is 3.08. The minimum absolute atomic E-state index is 0.0488. The monoisotopic (exact) mass is 396 g/mol. The first-order valence-corrected chi connectivity index (χ1v) is 9.97. The maximum Gasteiger partial charge on any atom is 0.263 e. The Kier molecular flexibility index (Phi) is 4.63. The van der Waals surface area contributed by atoms with Gasteiger partial charge in [0.05, 0.1) is 25.4 Å². The molecule has 0 spiro atoms. The zero-order chi connectivity index (χ0) is 19.0. The lowest BCUT2D eigenvalue weighted by Gasteiger charge is -2.06. The molecule has 136 valence electrons. The van der Waals surface area contributed by atoms with Crippen LogP contribution in [0.1, 0.15) is 15.2 Å². The zero-order valence-corrected chi connectivity index (χ0v) is 16.4. The molecule has 0 N–H and O–H groups in total. The van der Waals surface area contributed by atoms with E-state index in [-0.39, 0.29) is 17.9 Å². The van der Waals surface area contributed by atoms with Crippen molar-refractivity contribution in [2.24, 2.45) is 0 Å². The van der Waals surface area contributed by atoms with Gasteiger partial charge < -0.3 is 4.74 Å². The number of methoxy groups -OCH3 is 1. The fraction of sp³-hybridized carbons (Fsp3) is 0.150. The van der Waals surface area contributed by atoms with E-state index in [0.717, 1.165) is 10.4 Å². The fourth-order valence-electron chi connectivity index (χ4n) is 2.86. The molecule has 4 aromatic rings. The Morgan fingerprint density at radius 3 is 2.63 bits per heavy atom. The number of ketones is 1. The SMILES string of the molecule is COc1ccc(C(=O)Cn2cnc3scc(-c4ccc(C)s4)c3c2=O)cc1. The molecule has 0 aliphatic rings. The number of thiophene rings is 2. The second-order valence-electron chi connectivity index (χ2n) is 6.07. The van der Waals surface area contributed by atoms with E-state index in [1.54, 1.807) is 42.7 Å². The Morgan fingerprint density at radius 2 is 1.96 bits per heavy atom. The van der Waals surface area contributed by atoms with Gasteiger partial charge in [0.25, 0.3) is 5.56 Å². The summed E-state index contributed by atoms with van der Waals surface area (Å²) < 4.78 is 6.49. The highest BCUT2D eigenvalue weighted by atomic mass is 32.1. The molecule has 0 bridgehead atoms. The first-order chi connectivity index (χ1) is 13.1. The van der Waals surface area contributed by atoms with Gasteiger partial charge in [-0.2, -0.15) is 0 Å². The molecular formula is C20H16N2O3S2. The van der Waals surface area contributed by atoms with Crippen LogP contribution in [0.2, 0.25) is 0 Å². The van der Waals surface area contributed by atoms with Crippen molar-refractivity contribution < 1.29 is 9.53 Å². The molecule has 27 heavy (non-hydrogen) atoms. The van der Waals surface area contributed by atoms with Crippen LogP contribution >= 0.6 is 22.7 Å². The van der Waals surface area contributed by atoms with Crippen molar-refractivity contribution in [3.63, 3.8) is 0 Å². The number of nitrogens with zero attached hydrogens (tertiary/aromatic N) is 2. The number of hydrogen-bond donors (Lipinski definition) is 0. The van der Waals surface area contributed by atoms with Crippen LogP contribution in [0.15, 0.2) is 52.9 Å². The Balaban J connectivity index is 1.71. The number of fused-ring (bicyclic) bond motifs is 1. The smallest absolute Gasteiger partial charge is 0.263 e. The fourth-order valence-corrected chi connectivity index (χ4v) is 4.73. The lowest BCUT2D eigenvalue weighted by molar-refractivity contribution is 0.0970. The minimum Gasteiger partial charge on any atom is -0.497 e. The van der Waals surface area contributed by atoms with Crippen molar-refractivity contribution >= 4 is 38.7 Å². The van der Waals surface area contributed by atoms with E-state index < -0.39 is 0 Å². The first-order valence-electron chi connectivity index (χ1n) is 8.27. The molecule has 0 radical (unpaired) electrons. The molecule has 5 nitrogen and oxygen atoms in total. The quantitative estimate of drug-likeness (QED) is 0.470. The predicted octanol–water partition coefficient (Wildman–Crippen LogP) is 4.39. The van der Waals surface area contributed by atoms with Gasteiger partial charge in [-0.15, -0.1) is 22.7 Å². The molecular weight excluding hydrogens is 380 g/mol. The standard InChI is InChI=1S/C20H16N2O3S2/c1-12-3-8-17(27-12)15-10-26-19-18(15)20(24)22(11-21-19)9-16(23)13-4-6-14(25-2)7-5-13/h3-8,10-11H,9H2,1-2H3. The predicted molar refractivity (Wildman–Crippen MR) is 109 cm³/mol. The first kappa shape index (κ1) is 17.6. The maximum absolute atomic E-state index is 13.0. The zero-order valence-electron chi connectivity index (χ0n) is 14.8. The lowest BCUT2D eigenvalue weighted by Crippen LogP contribution is -2.24. The molecule has 0 saturated heterocycles. The molecule has 0 fully saturated rings. The topological polar surface area (TPSA) is 61.2 Å². The molecule has 0 atom stereocenters. The number of hydrogen-bond acceptors (Lipinski definition) is 6. The second kappa shape index (κ2) is 7.09. The summed E-state index contributed by atoms with van der Waals surface area (Å²) in [5.74, 6) is 0.533. The number of aryl methyl sites for hydroxylation is 1. The van der Waals surface area contributed by atoms with Gasteiger partial charge in [-0.05, 0) is 43.3 Å². The van der Waals surface area contributed by atoms with Crippen molar-refractivity contribution in [3.05, 3.63) is 68.9 Å². The van der Waals surface area contributed by atoms with E-state index in [2.05, 4.69) is 4.98 Å². The van der Waals surface area contributed by atoms with E-state index in [0.29, 0.717) is 21.5 Å². The summed E-state index contributed by atoms with van der Waals surface area (Å²) in [6.45, 7) is 1.99. The van der Waals surface area contributed by atoms with Crippen molar-refractivity contribution in [1.82, 2.24) is 9.55 Å².